The second-order valence-corrected chi connectivity index (χ2v) is 5.56. The smallest absolute Gasteiger partial charge is 0.119 e. The van der Waals surface area contributed by atoms with E-state index in [1.807, 2.05) is 0 Å². The third kappa shape index (κ3) is 15.3. The normalized spacial score (nSPS) is 12.3. The molecule has 0 amide bonds. The summed E-state index contributed by atoms with van der Waals surface area (Å²) in [6.45, 7) is 4.41. The number of rotatable bonds is 12. The van der Waals surface area contributed by atoms with Crippen molar-refractivity contribution in [3.05, 3.63) is 12.2 Å². The molecular formula is C19H33F. The van der Waals surface area contributed by atoms with Crippen LogP contribution in [-0.2, 0) is 0 Å². The molecule has 0 bridgehead atoms. The number of halogens is 1. The topological polar surface area (TPSA) is 0 Å². The third-order valence-corrected chi connectivity index (χ3v) is 3.48. The Kier molecular flexibility index (Phi) is 15.7. The zero-order valence-electron chi connectivity index (χ0n) is 13.6. The molecule has 0 aliphatic rings. The van der Waals surface area contributed by atoms with E-state index in [1.54, 1.807) is 12.2 Å². The second-order valence-electron chi connectivity index (χ2n) is 5.56. The van der Waals surface area contributed by atoms with Gasteiger partial charge in [0.05, 0.1) is 0 Å². The van der Waals surface area contributed by atoms with Crippen LogP contribution in [0.1, 0.15) is 90.9 Å². The van der Waals surface area contributed by atoms with Crippen LogP contribution in [-0.4, -0.2) is 6.17 Å². The molecule has 0 heterocycles. The molecule has 0 aliphatic heterocycles. The molecule has 1 unspecified atom stereocenters. The number of hydrogen-bond acceptors (Lipinski definition) is 0. The first-order valence-corrected chi connectivity index (χ1v) is 8.60. The fourth-order valence-electron chi connectivity index (χ4n) is 2.14. The van der Waals surface area contributed by atoms with Crippen molar-refractivity contribution < 1.29 is 4.39 Å². The van der Waals surface area contributed by atoms with Crippen molar-refractivity contribution in [3.8, 4) is 11.8 Å². The van der Waals surface area contributed by atoms with Gasteiger partial charge in [-0.25, -0.2) is 4.39 Å². The van der Waals surface area contributed by atoms with Gasteiger partial charge in [0.15, 0.2) is 0 Å². The quantitative estimate of drug-likeness (QED) is 0.279. The predicted octanol–water partition coefficient (Wildman–Crippen LogP) is 6.61. The van der Waals surface area contributed by atoms with Crippen molar-refractivity contribution in [1.29, 1.82) is 0 Å². The van der Waals surface area contributed by atoms with Gasteiger partial charge in [-0.1, -0.05) is 83.5 Å². The van der Waals surface area contributed by atoms with Crippen LogP contribution < -0.4 is 0 Å². The maximum Gasteiger partial charge on any atom is 0.119 e. The molecule has 0 aliphatic carbocycles. The largest absolute Gasteiger partial charge is 0.243 e. The van der Waals surface area contributed by atoms with E-state index in [4.69, 9.17) is 0 Å². The fraction of sp³-hybridized carbons (Fsp3) is 0.789. The molecule has 0 saturated heterocycles. The van der Waals surface area contributed by atoms with Crippen LogP contribution in [0.2, 0.25) is 0 Å². The van der Waals surface area contributed by atoms with Crippen LogP contribution in [0, 0.1) is 11.8 Å². The molecule has 20 heavy (non-hydrogen) atoms. The highest BCUT2D eigenvalue weighted by atomic mass is 19.1. The van der Waals surface area contributed by atoms with Crippen LogP contribution in [0.25, 0.3) is 0 Å². The summed E-state index contributed by atoms with van der Waals surface area (Å²) in [5.74, 6) is 6.00. The zero-order chi connectivity index (χ0) is 14.9. The highest BCUT2D eigenvalue weighted by Crippen LogP contribution is 2.11. The molecule has 1 heteroatoms. The van der Waals surface area contributed by atoms with Gasteiger partial charge in [-0.15, -0.1) is 0 Å². The van der Waals surface area contributed by atoms with Crippen molar-refractivity contribution in [2.45, 2.75) is 97.1 Å². The lowest BCUT2D eigenvalue weighted by molar-refractivity contribution is 0.364. The molecule has 0 nitrogen and oxygen atoms in total. The van der Waals surface area contributed by atoms with Gasteiger partial charge in [-0.3, -0.25) is 0 Å². The Morgan fingerprint density at radius 2 is 1.45 bits per heavy atom. The van der Waals surface area contributed by atoms with Crippen LogP contribution >= 0.6 is 0 Å². The highest BCUT2D eigenvalue weighted by molar-refractivity contribution is 5.16. The van der Waals surface area contributed by atoms with E-state index in [-0.39, 0.29) is 0 Å². The SMILES string of the molecule is CCCCCC#C/C=C\C(F)CCCCCCCCC. The summed E-state index contributed by atoms with van der Waals surface area (Å²) in [6, 6.07) is 0. The summed E-state index contributed by atoms with van der Waals surface area (Å²) in [4.78, 5) is 0. The molecule has 0 aromatic carbocycles. The van der Waals surface area contributed by atoms with E-state index in [0.29, 0.717) is 6.42 Å². The summed E-state index contributed by atoms with van der Waals surface area (Å²) in [6.07, 6.45) is 16.4. The molecule has 0 aromatic heterocycles. The minimum Gasteiger partial charge on any atom is -0.243 e. The molecule has 0 radical (unpaired) electrons. The van der Waals surface area contributed by atoms with Gasteiger partial charge in [0.1, 0.15) is 6.17 Å². The Bertz CT molecular complexity index is 269. The van der Waals surface area contributed by atoms with Gasteiger partial charge in [0.25, 0.3) is 0 Å². The van der Waals surface area contributed by atoms with E-state index in [9.17, 15) is 4.39 Å². The van der Waals surface area contributed by atoms with E-state index in [1.165, 1.54) is 51.4 Å². The summed E-state index contributed by atoms with van der Waals surface area (Å²) >= 11 is 0. The minimum atomic E-state index is -0.810. The van der Waals surface area contributed by atoms with Crippen molar-refractivity contribution in [2.75, 3.05) is 0 Å². The lowest BCUT2D eigenvalue weighted by atomic mass is 10.1. The first-order chi connectivity index (χ1) is 9.81. The average molecular weight is 280 g/mol. The Hall–Kier alpha value is -0.770. The molecule has 0 fully saturated rings. The van der Waals surface area contributed by atoms with Gasteiger partial charge >= 0.3 is 0 Å². The van der Waals surface area contributed by atoms with Crippen molar-refractivity contribution in [2.24, 2.45) is 0 Å². The van der Waals surface area contributed by atoms with Crippen LogP contribution in [0.3, 0.4) is 0 Å². The van der Waals surface area contributed by atoms with Crippen molar-refractivity contribution >= 4 is 0 Å². The zero-order valence-corrected chi connectivity index (χ0v) is 13.6. The van der Waals surface area contributed by atoms with Gasteiger partial charge in [-0.05, 0) is 25.0 Å². The first-order valence-electron chi connectivity index (χ1n) is 8.60. The van der Waals surface area contributed by atoms with Crippen LogP contribution in [0.5, 0.6) is 0 Å². The summed E-state index contributed by atoms with van der Waals surface area (Å²) in [5.41, 5.74) is 0. The van der Waals surface area contributed by atoms with Gasteiger partial charge in [-0.2, -0.15) is 0 Å². The second kappa shape index (κ2) is 16.3. The van der Waals surface area contributed by atoms with E-state index in [2.05, 4.69) is 25.7 Å². The Morgan fingerprint density at radius 3 is 2.15 bits per heavy atom. The highest BCUT2D eigenvalue weighted by Gasteiger charge is 2.00. The third-order valence-electron chi connectivity index (χ3n) is 3.48. The first kappa shape index (κ1) is 19.2. The standard InChI is InChI=1S/C19H33F/c1-3-5-7-9-11-13-15-17-19(20)18-16-14-12-10-8-6-4-2/h16,18-19H,3-11,13,15,17H2,1-2H3/b18-16-. The molecule has 0 spiro atoms. The van der Waals surface area contributed by atoms with Crippen LogP contribution in [0.15, 0.2) is 12.2 Å². The van der Waals surface area contributed by atoms with Gasteiger partial charge in [0.2, 0.25) is 0 Å². The van der Waals surface area contributed by atoms with E-state index >= 15 is 0 Å². The van der Waals surface area contributed by atoms with E-state index < -0.39 is 6.17 Å². The Balaban J connectivity index is 3.41. The van der Waals surface area contributed by atoms with Crippen molar-refractivity contribution in [3.63, 3.8) is 0 Å². The van der Waals surface area contributed by atoms with Gasteiger partial charge in [0, 0.05) is 6.42 Å². The lowest BCUT2D eigenvalue weighted by Gasteiger charge is -2.02. The monoisotopic (exact) mass is 280 g/mol. The Morgan fingerprint density at radius 1 is 0.850 bits per heavy atom. The average Bonchev–Trinajstić information content (AvgIpc) is 2.45. The predicted molar refractivity (Wildman–Crippen MR) is 88.6 cm³/mol. The lowest BCUT2D eigenvalue weighted by Crippen LogP contribution is -1.94. The maximum atomic E-state index is 13.5. The minimum absolute atomic E-state index is 0.655. The summed E-state index contributed by atoms with van der Waals surface area (Å²) in [7, 11) is 0. The molecular weight excluding hydrogens is 247 g/mol. The summed E-state index contributed by atoms with van der Waals surface area (Å²) < 4.78 is 13.5. The molecule has 0 N–H and O–H groups in total. The van der Waals surface area contributed by atoms with Crippen molar-refractivity contribution in [1.82, 2.24) is 0 Å². The number of hydrogen-bond donors (Lipinski definition) is 0. The molecule has 0 aromatic rings. The maximum absolute atomic E-state index is 13.5. The Labute approximate surface area is 126 Å². The summed E-state index contributed by atoms with van der Waals surface area (Å²) in [5, 5.41) is 0. The molecule has 1 atom stereocenters. The van der Waals surface area contributed by atoms with Crippen LogP contribution in [0.4, 0.5) is 4.39 Å². The number of alkyl halides is 1. The fourth-order valence-corrected chi connectivity index (χ4v) is 2.14. The molecule has 116 valence electrons. The molecule has 0 rings (SSSR count). The molecule has 0 saturated carbocycles. The van der Waals surface area contributed by atoms with E-state index in [0.717, 1.165) is 19.3 Å². The number of unbranched alkanes of at least 4 members (excludes halogenated alkanes) is 9. The van der Waals surface area contributed by atoms with Gasteiger partial charge < -0.3 is 0 Å². The number of allylic oxidation sites excluding steroid dienone is 2.